The molecule has 17 heavy (non-hydrogen) atoms. The first-order chi connectivity index (χ1) is 8.31. The lowest BCUT2D eigenvalue weighted by Crippen LogP contribution is -2.42. The van der Waals surface area contributed by atoms with Crippen molar-refractivity contribution in [2.45, 2.75) is 18.9 Å². The Hall–Kier alpha value is -0.980. The van der Waals surface area contributed by atoms with Crippen LogP contribution in [0.4, 0.5) is 0 Å². The maximum absolute atomic E-state index is 12.1. The third kappa shape index (κ3) is 3.24. The lowest BCUT2D eigenvalue weighted by Gasteiger charge is -2.24. The first kappa shape index (κ1) is 12.5. The van der Waals surface area contributed by atoms with Crippen LogP contribution in [0.2, 0.25) is 0 Å². The fraction of sp³-hybridized carbons (Fsp3) is 0.636. The molecule has 0 aliphatic carbocycles. The molecule has 1 atom stereocenters. The molecule has 2 N–H and O–H groups in total. The van der Waals surface area contributed by atoms with Crippen molar-refractivity contribution in [1.82, 2.24) is 15.2 Å². The summed E-state index contributed by atoms with van der Waals surface area (Å²) >= 11 is 1.41. The lowest BCUT2D eigenvalue weighted by atomic mass is 10.2. The first-order valence-corrected chi connectivity index (χ1v) is 6.77. The molecule has 1 aliphatic heterocycles. The number of nitrogens with zero attached hydrogens (tertiary/aromatic N) is 2. The van der Waals surface area contributed by atoms with Crippen LogP contribution in [0.1, 0.15) is 23.3 Å². The van der Waals surface area contributed by atoms with Crippen LogP contribution in [-0.4, -0.2) is 53.2 Å². The molecule has 0 bridgehead atoms. The maximum atomic E-state index is 12.1. The van der Waals surface area contributed by atoms with Crippen molar-refractivity contribution in [1.29, 1.82) is 0 Å². The van der Waals surface area contributed by atoms with Crippen molar-refractivity contribution >= 4 is 17.2 Å². The molecule has 1 aliphatic rings. The molecule has 1 amide bonds. The Morgan fingerprint density at radius 1 is 1.71 bits per heavy atom. The number of aliphatic hydroxyl groups is 1. The number of aromatic nitrogens is 1. The molecule has 1 fully saturated rings. The molecule has 5 nitrogen and oxygen atoms in total. The largest absolute Gasteiger partial charge is 0.395 e. The molecule has 0 aromatic carbocycles. The quantitative estimate of drug-likeness (QED) is 0.796. The Morgan fingerprint density at radius 3 is 3.18 bits per heavy atom. The van der Waals surface area contributed by atoms with Gasteiger partial charge in [-0.3, -0.25) is 4.79 Å². The average molecular weight is 255 g/mol. The third-order valence-corrected chi connectivity index (χ3v) is 3.50. The van der Waals surface area contributed by atoms with Crippen LogP contribution < -0.4 is 5.32 Å². The Morgan fingerprint density at radius 2 is 2.59 bits per heavy atom. The standard InChI is InChI=1S/C11H17N3O2S/c15-5-4-14(6-9-2-1-3-12-9)11(16)10-7-17-8-13-10/h7-9,12,15H,1-6H2. The fourth-order valence-corrected chi connectivity index (χ4v) is 2.58. The summed E-state index contributed by atoms with van der Waals surface area (Å²) < 4.78 is 0. The molecular weight excluding hydrogens is 238 g/mol. The number of amides is 1. The zero-order valence-electron chi connectivity index (χ0n) is 9.63. The number of nitrogens with one attached hydrogen (secondary N) is 1. The third-order valence-electron chi connectivity index (χ3n) is 2.91. The second-order valence-electron chi connectivity index (χ2n) is 4.14. The number of thiazole rings is 1. The summed E-state index contributed by atoms with van der Waals surface area (Å²) in [6.45, 7) is 2.02. The van der Waals surface area contributed by atoms with Crippen molar-refractivity contribution in [2.75, 3.05) is 26.2 Å². The van der Waals surface area contributed by atoms with Crippen LogP contribution in [0.25, 0.3) is 0 Å². The van der Waals surface area contributed by atoms with Crippen LogP contribution in [-0.2, 0) is 0 Å². The summed E-state index contributed by atoms with van der Waals surface area (Å²) in [6.07, 6.45) is 2.24. The molecule has 1 aromatic rings. The Kier molecular flexibility index (Phi) is 4.47. The Bertz CT molecular complexity index is 350. The van der Waals surface area contributed by atoms with Gasteiger partial charge in [-0.25, -0.2) is 4.98 Å². The van der Waals surface area contributed by atoms with E-state index in [2.05, 4.69) is 10.3 Å². The normalized spacial score (nSPS) is 19.5. The molecule has 6 heteroatoms. The van der Waals surface area contributed by atoms with Crippen molar-refractivity contribution in [3.05, 3.63) is 16.6 Å². The monoisotopic (exact) mass is 255 g/mol. The summed E-state index contributed by atoms with van der Waals surface area (Å²) in [7, 11) is 0. The van der Waals surface area contributed by atoms with Crippen molar-refractivity contribution in [2.24, 2.45) is 0 Å². The van der Waals surface area contributed by atoms with E-state index in [9.17, 15) is 4.79 Å². The molecule has 1 aromatic heterocycles. The number of carbonyl (C=O) groups excluding carboxylic acids is 1. The van der Waals surface area contributed by atoms with Gasteiger partial charge in [-0.2, -0.15) is 0 Å². The molecule has 1 unspecified atom stereocenters. The molecular formula is C11H17N3O2S. The zero-order chi connectivity index (χ0) is 12.1. The zero-order valence-corrected chi connectivity index (χ0v) is 10.4. The van der Waals surface area contributed by atoms with Crippen molar-refractivity contribution in [3.8, 4) is 0 Å². The van der Waals surface area contributed by atoms with E-state index in [0.717, 1.165) is 19.4 Å². The number of aliphatic hydroxyl groups excluding tert-OH is 1. The molecule has 2 rings (SSSR count). The number of hydrogen-bond donors (Lipinski definition) is 2. The second kappa shape index (κ2) is 6.09. The van der Waals surface area contributed by atoms with Crippen molar-refractivity contribution < 1.29 is 9.90 Å². The smallest absolute Gasteiger partial charge is 0.273 e. The second-order valence-corrected chi connectivity index (χ2v) is 4.86. The summed E-state index contributed by atoms with van der Waals surface area (Å²) in [5, 5.41) is 14.1. The van der Waals surface area contributed by atoms with Gasteiger partial charge in [0.2, 0.25) is 0 Å². The van der Waals surface area contributed by atoms with Gasteiger partial charge in [0.1, 0.15) is 5.69 Å². The number of carbonyl (C=O) groups is 1. The van der Waals surface area contributed by atoms with Gasteiger partial charge in [-0.05, 0) is 19.4 Å². The van der Waals surface area contributed by atoms with Crippen LogP contribution in [0.15, 0.2) is 10.9 Å². The number of hydrogen-bond acceptors (Lipinski definition) is 5. The number of rotatable bonds is 5. The highest BCUT2D eigenvalue weighted by Crippen LogP contribution is 2.10. The van der Waals surface area contributed by atoms with Gasteiger partial charge in [-0.1, -0.05) is 0 Å². The fourth-order valence-electron chi connectivity index (χ4n) is 2.06. The van der Waals surface area contributed by atoms with Gasteiger partial charge < -0.3 is 15.3 Å². The highest BCUT2D eigenvalue weighted by Gasteiger charge is 2.22. The van der Waals surface area contributed by atoms with Crippen molar-refractivity contribution in [3.63, 3.8) is 0 Å². The van der Waals surface area contributed by atoms with E-state index >= 15 is 0 Å². The Labute approximate surface area is 104 Å². The summed E-state index contributed by atoms with van der Waals surface area (Å²) in [5.74, 6) is -0.0889. The van der Waals surface area contributed by atoms with Gasteiger partial charge in [0.25, 0.3) is 5.91 Å². The van der Waals surface area contributed by atoms with E-state index < -0.39 is 0 Å². The van der Waals surface area contributed by atoms with E-state index in [-0.39, 0.29) is 12.5 Å². The van der Waals surface area contributed by atoms with Gasteiger partial charge >= 0.3 is 0 Å². The van der Waals surface area contributed by atoms with Gasteiger partial charge in [0, 0.05) is 24.5 Å². The molecule has 0 spiro atoms. The van der Waals surface area contributed by atoms with E-state index in [1.807, 2.05) is 0 Å². The maximum Gasteiger partial charge on any atom is 0.273 e. The summed E-state index contributed by atoms with van der Waals surface area (Å²) in [5.41, 5.74) is 2.12. The highest BCUT2D eigenvalue weighted by atomic mass is 32.1. The predicted molar refractivity (Wildman–Crippen MR) is 66.1 cm³/mol. The Balaban J connectivity index is 1.98. The lowest BCUT2D eigenvalue weighted by molar-refractivity contribution is 0.0701. The van der Waals surface area contributed by atoms with E-state index in [0.29, 0.717) is 24.8 Å². The molecule has 94 valence electrons. The van der Waals surface area contributed by atoms with E-state index in [4.69, 9.17) is 5.11 Å². The van der Waals surface area contributed by atoms with Gasteiger partial charge in [0.15, 0.2) is 0 Å². The molecule has 0 radical (unpaired) electrons. The van der Waals surface area contributed by atoms with Gasteiger partial charge in [0.05, 0.1) is 12.1 Å². The topological polar surface area (TPSA) is 65.5 Å². The summed E-state index contributed by atoms with van der Waals surface area (Å²) in [4.78, 5) is 17.8. The van der Waals surface area contributed by atoms with Crippen LogP contribution in [0.3, 0.4) is 0 Å². The SMILES string of the molecule is O=C(c1cscn1)N(CCO)CC1CCCN1. The summed E-state index contributed by atoms with van der Waals surface area (Å²) in [6, 6.07) is 0.351. The molecule has 1 saturated heterocycles. The first-order valence-electron chi connectivity index (χ1n) is 5.83. The highest BCUT2D eigenvalue weighted by molar-refractivity contribution is 7.07. The molecule has 2 heterocycles. The van der Waals surface area contributed by atoms with Crippen LogP contribution in [0, 0.1) is 0 Å². The minimum Gasteiger partial charge on any atom is -0.395 e. The van der Waals surface area contributed by atoms with Crippen LogP contribution >= 0.6 is 11.3 Å². The van der Waals surface area contributed by atoms with Crippen LogP contribution in [0.5, 0.6) is 0 Å². The van der Waals surface area contributed by atoms with Gasteiger partial charge in [-0.15, -0.1) is 11.3 Å². The minimum absolute atomic E-state index is 0.0113. The van der Waals surface area contributed by atoms with E-state index in [1.54, 1.807) is 15.8 Å². The molecule has 0 saturated carbocycles. The van der Waals surface area contributed by atoms with E-state index in [1.165, 1.54) is 11.3 Å². The predicted octanol–water partition coefficient (Wildman–Crippen LogP) is 0.330. The average Bonchev–Trinajstić information content (AvgIpc) is 3.00. The minimum atomic E-state index is -0.0889.